The van der Waals surface area contributed by atoms with Gasteiger partial charge in [0.05, 0.1) is 62.3 Å². The Morgan fingerprint density at radius 2 is 0.782 bits per heavy atom. The van der Waals surface area contributed by atoms with E-state index < -0.39 is 246 Å². The second-order valence-electron chi connectivity index (χ2n) is 18.7. The Balaban J connectivity index is 0.00000365. The molecule has 12 unspecified atom stereocenters. The summed E-state index contributed by atoms with van der Waals surface area (Å²) in [4.78, 5) is 34.3. The molecule has 17 N–H and O–H groups in total. The topological polar surface area (TPSA) is 600 Å². The quantitative estimate of drug-likeness (QED) is 0.0288. The molecule has 0 aromatic carbocycles. The van der Waals surface area contributed by atoms with Gasteiger partial charge in [0.25, 0.3) is 0 Å². The molecule has 0 amide bonds. The molecular formula is C39H66O37P2-4. The monoisotopic (exact) mass is 1190 g/mol. The second kappa shape index (κ2) is 30.1. The third-order valence-corrected chi connectivity index (χ3v) is 13.5. The number of aliphatic hydroxyl groups excluding tert-OH is 17. The van der Waals surface area contributed by atoms with Crippen LogP contribution in [0.1, 0.15) is 13.8 Å². The van der Waals surface area contributed by atoms with Gasteiger partial charge >= 0.3 is 0 Å². The van der Waals surface area contributed by atoms with Crippen LogP contribution in [0.2, 0.25) is 0 Å². The summed E-state index contributed by atoms with van der Waals surface area (Å²) in [5, 5.41) is 193. The average Bonchev–Trinajstić information content (AvgIpc) is 3.39. The molecule has 458 valence electrons. The van der Waals surface area contributed by atoms with E-state index in [0.717, 1.165) is 0 Å². The van der Waals surface area contributed by atoms with E-state index >= 15 is 0 Å². The van der Waals surface area contributed by atoms with E-state index in [1.807, 2.05) is 0 Å². The van der Waals surface area contributed by atoms with Gasteiger partial charge in [0.1, 0.15) is 146 Å². The van der Waals surface area contributed by atoms with Crippen LogP contribution in [0.4, 0.5) is 0 Å². The summed E-state index contributed by atoms with van der Waals surface area (Å²) in [6.07, 6.45) is -59.4. The zero-order valence-corrected chi connectivity index (χ0v) is 42.6. The van der Waals surface area contributed by atoms with Gasteiger partial charge < -0.3 is 178 Å². The summed E-state index contributed by atoms with van der Waals surface area (Å²) >= 11 is 0. The third kappa shape index (κ3) is 16.4. The number of hydrogen-bond acceptors (Lipinski definition) is 37. The minimum atomic E-state index is -5.68. The minimum absolute atomic E-state index is 0.730. The molecule has 0 aromatic heterocycles. The highest BCUT2D eigenvalue weighted by Gasteiger charge is 2.56. The standard InChI is InChI=1S/C39H69O35P.HO2P/c1-9(2)65-37-30(56)31(72-39-33(26(52)17(43)11(4-41)67-39)74-36-29(55)24(50)20(46)15(71-36)8-64-75(58,59)60)21(47)13(69-37)6-61-34-27(53)22(48)18(44)12(68-34)5-62-38-32(25(51)16(42)10(3-40)66-38)73-35-28(54)23(49)19(45)14(70-35)7-63-57;1-3-2/h9-57H,3-8H2,1-2H3,(H2,58,59,60);(H,1,2)/p-4/t10?,11?,12?,13?,14?,15?,16-,17-,18-,19-,20-,21-,22+,23+,24+,25+,26+,27?,28?,29?,30?,31+,32?,33?,34+,35+,36-,37-,38+,39-;/m1./s1. The first kappa shape index (κ1) is 67.7. The largest absolute Gasteiger partial charge is 0.790 e. The minimum Gasteiger partial charge on any atom is -0.790 e. The smallest absolute Gasteiger partial charge is 0.187 e. The van der Waals surface area contributed by atoms with Gasteiger partial charge in [-0.2, -0.15) is 0 Å². The molecule has 0 aromatic rings. The van der Waals surface area contributed by atoms with Crippen molar-refractivity contribution in [3.8, 4) is 0 Å². The van der Waals surface area contributed by atoms with Crippen LogP contribution in [-0.4, -0.2) is 317 Å². The zero-order valence-electron chi connectivity index (χ0n) is 40.8. The predicted octanol–water partition coefficient (Wildman–Crippen LogP) is -15.0. The van der Waals surface area contributed by atoms with Crippen molar-refractivity contribution in [2.45, 2.75) is 204 Å². The van der Waals surface area contributed by atoms with E-state index in [1.165, 1.54) is 13.8 Å². The van der Waals surface area contributed by atoms with Crippen LogP contribution in [0.15, 0.2) is 0 Å². The number of rotatable bonds is 21. The molecule has 39 heteroatoms. The Hall–Kier alpha value is -1.07. The molecule has 0 aliphatic carbocycles. The molecule has 6 aliphatic rings. The number of ether oxygens (including phenoxy) is 12. The van der Waals surface area contributed by atoms with Gasteiger partial charge in [-0.25, -0.2) is 0 Å². The Morgan fingerprint density at radius 3 is 1.23 bits per heavy atom. The lowest BCUT2D eigenvalue weighted by Gasteiger charge is -2.49. The Morgan fingerprint density at radius 1 is 0.436 bits per heavy atom. The summed E-state index contributed by atoms with van der Waals surface area (Å²) in [7, 11) is -6.77. The molecule has 78 heavy (non-hydrogen) atoms. The van der Waals surface area contributed by atoms with Crippen molar-refractivity contribution < 1.29 is 182 Å². The van der Waals surface area contributed by atoms with Crippen molar-refractivity contribution in [2.24, 2.45) is 0 Å². The number of phosphoric ester groups is 1. The third-order valence-electron chi connectivity index (χ3n) is 13.1. The molecule has 6 heterocycles. The van der Waals surface area contributed by atoms with Crippen molar-refractivity contribution in [2.75, 3.05) is 39.6 Å². The molecule has 6 aliphatic heterocycles. The van der Waals surface area contributed by atoms with E-state index in [-0.39, 0.29) is 0 Å². The van der Waals surface area contributed by atoms with Gasteiger partial charge in [-0.05, 0) is 13.8 Å². The maximum atomic E-state index is 11.7. The fourth-order valence-corrected chi connectivity index (χ4v) is 9.16. The highest BCUT2D eigenvalue weighted by molar-refractivity contribution is 7.43. The van der Waals surface area contributed by atoms with Gasteiger partial charge in [-0.1, -0.05) is 0 Å². The normalized spacial score (nSPS) is 47.6. The van der Waals surface area contributed by atoms with Crippen LogP contribution < -0.4 is 19.9 Å². The fourth-order valence-electron chi connectivity index (χ4n) is 8.83. The summed E-state index contributed by atoms with van der Waals surface area (Å²) in [5.74, 6) is 0. The molecule has 0 saturated carbocycles. The van der Waals surface area contributed by atoms with Gasteiger partial charge in [0.15, 0.2) is 37.7 Å². The van der Waals surface area contributed by atoms with Crippen molar-refractivity contribution in [3.05, 3.63) is 0 Å². The highest BCUT2D eigenvalue weighted by Crippen LogP contribution is 2.36. The van der Waals surface area contributed by atoms with E-state index in [0.29, 0.717) is 0 Å². The maximum absolute atomic E-state index is 11.7. The first-order chi connectivity index (χ1) is 36.6. The summed E-state index contributed by atoms with van der Waals surface area (Å²) in [6, 6.07) is 0. The first-order valence-corrected chi connectivity index (χ1v) is 25.9. The van der Waals surface area contributed by atoms with Crippen LogP contribution >= 0.6 is 16.5 Å². The van der Waals surface area contributed by atoms with Gasteiger partial charge in [-0.15, -0.1) is 0 Å². The molecule has 37 nitrogen and oxygen atoms in total. The van der Waals surface area contributed by atoms with Crippen molar-refractivity contribution in [1.82, 2.24) is 0 Å². The zero-order chi connectivity index (χ0) is 58.2. The Kier molecular flexibility index (Phi) is 26.2. The van der Waals surface area contributed by atoms with Crippen LogP contribution in [0.3, 0.4) is 0 Å². The lowest BCUT2D eigenvalue weighted by Crippen LogP contribution is -2.67. The van der Waals surface area contributed by atoms with E-state index in [9.17, 15) is 106 Å². The van der Waals surface area contributed by atoms with Gasteiger partial charge in [0.2, 0.25) is 0 Å². The molecule has 0 radical (unpaired) electrons. The van der Waals surface area contributed by atoms with E-state index in [1.54, 1.807) is 0 Å². The second-order valence-corrected chi connectivity index (χ2v) is 20.0. The number of aliphatic hydroxyl groups is 17. The molecule has 6 rings (SSSR count). The van der Waals surface area contributed by atoms with Crippen molar-refractivity contribution in [3.63, 3.8) is 0 Å². The summed E-state index contributed by atoms with van der Waals surface area (Å²) in [6.45, 7) is -2.68. The molecule has 6 saturated heterocycles. The molecule has 6 fully saturated rings. The van der Waals surface area contributed by atoms with E-state index in [2.05, 4.69) is 9.41 Å². The number of phosphoric acid groups is 1. The molecule has 0 spiro atoms. The lowest BCUT2D eigenvalue weighted by molar-refractivity contribution is -0.692. The summed E-state index contributed by atoms with van der Waals surface area (Å²) < 4.78 is 91.3. The van der Waals surface area contributed by atoms with Crippen LogP contribution in [-0.2, 0) is 75.4 Å². The first-order valence-electron chi connectivity index (χ1n) is 23.7. The molecule has 0 bridgehead atoms. The SMILES string of the molecule is CC(C)O[C@@H]1OC(CO[C@H]2OC(CO[C@H]3OC(CO)[C@@H](O)[C@H](O)C3O[C@@H]3OC(CO[O-])[C@@H](O)[C@H](O)C3O)[C@@H](O)[C@H](O)C2O)[C@@H](O)[C@H](O[C@H]2OC(CO)[C@@H](O)[C@H](O)C2O[C@H]2OC(COP(=O)([O-])[O-])[C@@H](O)[C@H](O)C2O)C1O.O=P[O-]. The Bertz CT molecular complexity index is 1830. The number of hydrogen-bond donors (Lipinski definition) is 17. The van der Waals surface area contributed by atoms with Gasteiger partial charge in [0, 0.05) is 0 Å². The summed E-state index contributed by atoms with van der Waals surface area (Å²) in [5.41, 5.74) is 0. The predicted molar refractivity (Wildman–Crippen MR) is 226 cm³/mol. The van der Waals surface area contributed by atoms with Crippen molar-refractivity contribution in [1.29, 1.82) is 0 Å². The Labute approximate surface area is 442 Å². The molecular weight excluding hydrogens is 1120 g/mol. The lowest BCUT2D eigenvalue weighted by atomic mass is 9.96. The maximum Gasteiger partial charge on any atom is 0.187 e. The molecule has 30 atom stereocenters. The van der Waals surface area contributed by atoms with Crippen LogP contribution in [0.25, 0.3) is 0 Å². The van der Waals surface area contributed by atoms with Gasteiger partial charge in [-0.3, -0.25) is 4.57 Å². The average molecular weight is 1190 g/mol. The van der Waals surface area contributed by atoms with Crippen LogP contribution in [0, 0.1) is 0 Å². The van der Waals surface area contributed by atoms with Crippen molar-refractivity contribution >= 4 is 16.5 Å². The van der Waals surface area contributed by atoms with E-state index in [4.69, 9.17) is 66.3 Å². The fraction of sp³-hybridized carbons (Fsp3) is 1.00. The van der Waals surface area contributed by atoms with Crippen LogP contribution in [0.5, 0.6) is 0 Å². The highest BCUT2D eigenvalue weighted by atomic mass is 31.2.